The van der Waals surface area contributed by atoms with E-state index in [0.717, 1.165) is 44.2 Å². The Balaban J connectivity index is 1.40. The molecule has 3 N–H and O–H groups in total. The van der Waals surface area contributed by atoms with Crippen molar-refractivity contribution in [3.8, 4) is 5.88 Å². The number of rotatable bonds is 5. The molecule has 150 valence electrons. The molecule has 1 aliphatic heterocycles. The van der Waals surface area contributed by atoms with Crippen LogP contribution < -0.4 is 14.8 Å². The van der Waals surface area contributed by atoms with Crippen molar-refractivity contribution in [1.82, 2.24) is 14.5 Å². The molecule has 2 unspecified atom stereocenters. The van der Waals surface area contributed by atoms with Crippen LogP contribution in [0.1, 0.15) is 42.0 Å². The number of benzene rings is 1. The topological polar surface area (TPSA) is 105 Å². The van der Waals surface area contributed by atoms with Gasteiger partial charge in [0.15, 0.2) is 11.2 Å². The number of aliphatic hydroxyl groups excluding tert-OH is 1. The van der Waals surface area contributed by atoms with E-state index in [4.69, 9.17) is 4.74 Å². The Morgan fingerprint density at radius 3 is 2.57 bits per heavy atom. The molecule has 0 bridgehead atoms. The Morgan fingerprint density at radius 1 is 1.21 bits per heavy atom. The summed E-state index contributed by atoms with van der Waals surface area (Å²) in [7, 11) is -3.98. The molecule has 28 heavy (non-hydrogen) atoms. The zero-order valence-electron chi connectivity index (χ0n) is 15.7. The summed E-state index contributed by atoms with van der Waals surface area (Å²) in [6.45, 7) is 2.36. The fourth-order valence-corrected chi connectivity index (χ4v) is 5.68. The number of aromatic nitrogens is 2. The van der Waals surface area contributed by atoms with Crippen molar-refractivity contribution >= 4 is 15.7 Å². The Morgan fingerprint density at radius 2 is 1.89 bits per heavy atom. The highest BCUT2D eigenvalue weighted by molar-refractivity contribution is 7.89. The molecule has 2 atom stereocenters. The molecule has 0 saturated carbocycles. The van der Waals surface area contributed by atoms with Gasteiger partial charge in [0.05, 0.1) is 12.7 Å². The van der Waals surface area contributed by atoms with Crippen molar-refractivity contribution in [1.29, 1.82) is 0 Å². The summed E-state index contributed by atoms with van der Waals surface area (Å²) >= 11 is 0. The molecule has 0 spiro atoms. The summed E-state index contributed by atoms with van der Waals surface area (Å²) in [4.78, 5) is -0.0544. The highest BCUT2D eigenvalue weighted by Gasteiger charge is 2.32. The summed E-state index contributed by atoms with van der Waals surface area (Å²) in [5.41, 5.74) is 5.96. The van der Waals surface area contributed by atoms with E-state index in [9.17, 15) is 13.5 Å². The van der Waals surface area contributed by atoms with Gasteiger partial charge < -0.3 is 15.2 Å². The predicted molar refractivity (Wildman–Crippen MR) is 103 cm³/mol. The summed E-state index contributed by atoms with van der Waals surface area (Å²) in [5.74, 6) is 0.216. The number of anilines is 1. The Kier molecular flexibility index (Phi) is 4.15. The third kappa shape index (κ3) is 2.89. The van der Waals surface area contributed by atoms with Crippen LogP contribution in [0.2, 0.25) is 0 Å². The second-order valence-corrected chi connectivity index (χ2v) is 9.51. The average molecular weight is 404 g/mol. The van der Waals surface area contributed by atoms with Gasteiger partial charge in [0.1, 0.15) is 6.10 Å². The minimum atomic E-state index is -3.98. The fourth-order valence-electron chi connectivity index (χ4n) is 4.63. The van der Waals surface area contributed by atoms with E-state index < -0.39 is 16.4 Å². The van der Waals surface area contributed by atoms with Crippen molar-refractivity contribution in [2.75, 3.05) is 5.32 Å². The largest absolute Gasteiger partial charge is 0.472 e. The third-order valence-electron chi connectivity index (χ3n) is 5.81. The van der Waals surface area contributed by atoms with Crippen LogP contribution in [-0.4, -0.2) is 35.8 Å². The van der Waals surface area contributed by atoms with Gasteiger partial charge in [-0.1, -0.05) is 6.07 Å². The molecular formula is C19H24N4O4S. The van der Waals surface area contributed by atoms with Crippen LogP contribution in [0.4, 0.5) is 5.69 Å². The average Bonchev–Trinajstić information content (AvgIpc) is 3.35. The minimum absolute atomic E-state index is 0.0544. The zero-order chi connectivity index (χ0) is 19.5. The number of fused-ring (bicyclic) bond motifs is 3. The Bertz CT molecular complexity index is 1010. The summed E-state index contributed by atoms with van der Waals surface area (Å²) in [6.07, 6.45) is 5.86. The number of hydrogen-bond acceptors (Lipinski definition) is 6. The molecule has 3 aliphatic rings. The van der Waals surface area contributed by atoms with Crippen LogP contribution in [0.25, 0.3) is 0 Å². The number of hydrogen-bond donors (Lipinski definition) is 3. The molecule has 9 heteroatoms. The maximum Gasteiger partial charge on any atom is 0.251 e. The fraction of sp³-hybridized carbons (Fsp3) is 0.526. The van der Waals surface area contributed by atoms with Crippen molar-refractivity contribution in [2.45, 2.75) is 69.3 Å². The second-order valence-electron chi connectivity index (χ2n) is 7.83. The first-order valence-corrected chi connectivity index (χ1v) is 11.3. The molecule has 1 aromatic carbocycles. The molecule has 2 aliphatic carbocycles. The van der Waals surface area contributed by atoms with Gasteiger partial charge >= 0.3 is 0 Å². The molecule has 0 saturated heterocycles. The maximum atomic E-state index is 12.8. The quantitative estimate of drug-likeness (QED) is 0.649. The van der Waals surface area contributed by atoms with Crippen LogP contribution in [-0.2, 0) is 42.3 Å². The first-order chi connectivity index (χ1) is 13.4. The molecule has 2 heterocycles. The van der Waals surface area contributed by atoms with E-state index in [-0.39, 0.29) is 16.9 Å². The summed E-state index contributed by atoms with van der Waals surface area (Å²) in [6, 6.07) is 2.29. The van der Waals surface area contributed by atoms with E-state index in [1.54, 1.807) is 0 Å². The highest BCUT2D eigenvalue weighted by Crippen LogP contribution is 2.39. The highest BCUT2D eigenvalue weighted by atomic mass is 32.2. The van der Waals surface area contributed by atoms with Gasteiger partial charge in [0, 0.05) is 5.69 Å². The predicted octanol–water partition coefficient (Wildman–Crippen LogP) is 1.31. The SMILES string of the molecule is CC1Cn2ncc(S(=O)(=O)NC(O)Nc3c4c(cc5c3CCC5)CCC4)c2O1. The van der Waals surface area contributed by atoms with Crippen LogP contribution in [0, 0.1) is 0 Å². The van der Waals surface area contributed by atoms with Gasteiger partial charge in [-0.25, -0.2) is 13.1 Å². The van der Waals surface area contributed by atoms with Crippen LogP contribution in [0.5, 0.6) is 5.88 Å². The summed E-state index contributed by atoms with van der Waals surface area (Å²) < 4.78 is 35.0. The van der Waals surface area contributed by atoms with E-state index in [0.29, 0.717) is 6.54 Å². The molecule has 8 nitrogen and oxygen atoms in total. The van der Waals surface area contributed by atoms with Crippen molar-refractivity contribution < 1.29 is 18.3 Å². The lowest BCUT2D eigenvalue weighted by atomic mass is 9.99. The number of aryl methyl sites for hydroxylation is 2. The first kappa shape index (κ1) is 18.0. The monoisotopic (exact) mass is 404 g/mol. The lowest BCUT2D eigenvalue weighted by Gasteiger charge is -2.21. The molecule has 0 amide bonds. The lowest BCUT2D eigenvalue weighted by Crippen LogP contribution is -2.40. The normalized spacial score (nSPS) is 21.1. The molecule has 5 rings (SSSR count). The van der Waals surface area contributed by atoms with E-state index in [1.807, 2.05) is 6.92 Å². The minimum Gasteiger partial charge on any atom is -0.472 e. The van der Waals surface area contributed by atoms with E-state index in [2.05, 4.69) is 21.2 Å². The van der Waals surface area contributed by atoms with Gasteiger partial charge in [-0.2, -0.15) is 9.82 Å². The zero-order valence-corrected chi connectivity index (χ0v) is 16.6. The molecular weight excluding hydrogens is 380 g/mol. The first-order valence-electron chi connectivity index (χ1n) is 9.78. The Labute approximate surface area is 163 Å². The van der Waals surface area contributed by atoms with Crippen LogP contribution >= 0.6 is 0 Å². The van der Waals surface area contributed by atoms with Gasteiger partial charge in [-0.15, -0.1) is 0 Å². The Hall–Kier alpha value is -2.10. The number of nitrogens with one attached hydrogen (secondary N) is 2. The molecule has 0 fully saturated rings. The van der Waals surface area contributed by atoms with Crippen molar-refractivity contribution in [3.05, 3.63) is 34.5 Å². The van der Waals surface area contributed by atoms with Crippen molar-refractivity contribution in [3.63, 3.8) is 0 Å². The lowest BCUT2D eigenvalue weighted by molar-refractivity contribution is 0.192. The number of nitrogens with zero attached hydrogens (tertiary/aromatic N) is 2. The molecule has 1 aromatic heterocycles. The second kappa shape index (κ2) is 6.47. The molecule has 0 radical (unpaired) electrons. The number of ether oxygens (including phenoxy) is 1. The van der Waals surface area contributed by atoms with Crippen LogP contribution in [0.3, 0.4) is 0 Å². The summed E-state index contributed by atoms with van der Waals surface area (Å²) in [5, 5.41) is 17.6. The van der Waals surface area contributed by atoms with E-state index >= 15 is 0 Å². The third-order valence-corrected chi connectivity index (χ3v) is 7.21. The standard InChI is InChI=1S/C19H24N4O4S/c1-11-10-23-18(27-11)16(9-20-23)28(25,26)22-19(24)21-17-14-6-2-4-12(14)8-13-5-3-7-15(13)17/h8-9,11,19,21-22,24H,2-7,10H2,1H3. The smallest absolute Gasteiger partial charge is 0.251 e. The maximum absolute atomic E-state index is 12.8. The molecule has 2 aromatic rings. The van der Waals surface area contributed by atoms with Gasteiger partial charge in [0.25, 0.3) is 10.0 Å². The van der Waals surface area contributed by atoms with Gasteiger partial charge in [-0.3, -0.25) is 0 Å². The van der Waals surface area contributed by atoms with E-state index in [1.165, 1.54) is 33.1 Å². The number of sulfonamides is 1. The van der Waals surface area contributed by atoms with Gasteiger partial charge in [-0.05, 0) is 67.7 Å². The van der Waals surface area contributed by atoms with Crippen LogP contribution in [0.15, 0.2) is 17.2 Å². The number of aliphatic hydroxyl groups is 1. The van der Waals surface area contributed by atoms with Gasteiger partial charge in [0.2, 0.25) is 5.88 Å². The van der Waals surface area contributed by atoms with Crippen molar-refractivity contribution in [2.24, 2.45) is 0 Å².